The van der Waals surface area contributed by atoms with Crippen molar-refractivity contribution in [1.82, 2.24) is 19.7 Å². The summed E-state index contributed by atoms with van der Waals surface area (Å²) in [6.07, 6.45) is 1.51. The van der Waals surface area contributed by atoms with E-state index in [4.69, 9.17) is 0 Å². The Hall–Kier alpha value is -3.47. The number of nitrogens with one attached hydrogen (secondary N) is 1. The van der Waals surface area contributed by atoms with Crippen LogP contribution in [0.2, 0.25) is 0 Å². The highest BCUT2D eigenvalue weighted by atomic mass is 32.2. The Kier molecular flexibility index (Phi) is 4.23. The van der Waals surface area contributed by atoms with Crippen LogP contribution < -0.4 is 9.03 Å². The summed E-state index contributed by atoms with van der Waals surface area (Å²) in [6, 6.07) is 11.9. The van der Waals surface area contributed by atoms with Crippen LogP contribution in [0.3, 0.4) is 0 Å². The molecule has 1 fully saturated rings. The van der Waals surface area contributed by atoms with E-state index in [1.165, 1.54) is 16.9 Å². The van der Waals surface area contributed by atoms with Crippen molar-refractivity contribution in [2.45, 2.75) is 6.54 Å². The third-order valence-corrected chi connectivity index (χ3v) is 5.54. The van der Waals surface area contributed by atoms with Crippen LogP contribution >= 0.6 is 0 Å². The molecule has 11 heteroatoms. The third-order valence-electron chi connectivity index (χ3n) is 4.17. The van der Waals surface area contributed by atoms with Crippen LogP contribution in [0.15, 0.2) is 48.7 Å². The van der Waals surface area contributed by atoms with E-state index in [-0.39, 0.29) is 11.3 Å². The lowest BCUT2D eigenvalue weighted by Crippen LogP contribution is -2.30. The van der Waals surface area contributed by atoms with Crippen LogP contribution in [-0.4, -0.2) is 41.0 Å². The molecule has 1 aliphatic rings. The molecule has 0 aliphatic carbocycles. The number of anilines is 1. The normalized spacial score (nSPS) is 15.6. The minimum atomic E-state index is -4.28. The standard InChI is InChI=1S/C17H14FN5O4S/c18-16-12(13-9-22(21-19-13)8-11-4-2-1-3-5-11)6-7-14(24)17(16)23-10-15(25)20-28(23,26)27/h1-7,9,24H,8,10H2,(H,20,25). The van der Waals surface area contributed by atoms with Gasteiger partial charge in [-0.25, -0.2) is 18.1 Å². The minimum absolute atomic E-state index is 0.0540. The number of rotatable bonds is 4. The first-order valence-corrected chi connectivity index (χ1v) is 9.58. The second-order valence-corrected chi connectivity index (χ2v) is 7.71. The summed E-state index contributed by atoms with van der Waals surface area (Å²) in [4.78, 5) is 11.4. The predicted octanol–water partition coefficient (Wildman–Crippen LogP) is 1.02. The van der Waals surface area contributed by atoms with Crippen LogP contribution in [0, 0.1) is 5.82 Å². The average molecular weight is 403 g/mol. The molecule has 1 amide bonds. The summed E-state index contributed by atoms with van der Waals surface area (Å²) in [5.74, 6) is -2.46. The van der Waals surface area contributed by atoms with Crippen molar-refractivity contribution < 1.29 is 22.7 Å². The molecule has 0 atom stereocenters. The van der Waals surface area contributed by atoms with Gasteiger partial charge < -0.3 is 5.11 Å². The highest BCUT2D eigenvalue weighted by molar-refractivity contribution is 7.92. The molecule has 9 nitrogen and oxygen atoms in total. The molecule has 1 aliphatic heterocycles. The van der Waals surface area contributed by atoms with Crippen molar-refractivity contribution in [1.29, 1.82) is 0 Å². The van der Waals surface area contributed by atoms with E-state index < -0.39 is 39.9 Å². The number of phenols is 1. The SMILES string of the molecule is O=C1CN(c2c(O)ccc(-c3cn(Cc4ccccc4)nn3)c2F)S(=O)(=O)N1. The van der Waals surface area contributed by atoms with Crippen LogP contribution in [0.25, 0.3) is 11.3 Å². The first kappa shape index (κ1) is 17.9. The van der Waals surface area contributed by atoms with E-state index in [0.717, 1.165) is 11.6 Å². The zero-order valence-electron chi connectivity index (χ0n) is 14.3. The van der Waals surface area contributed by atoms with Gasteiger partial charge in [-0.3, -0.25) is 4.79 Å². The zero-order chi connectivity index (χ0) is 19.9. The Bertz CT molecular complexity index is 1160. The first-order valence-electron chi connectivity index (χ1n) is 8.14. The van der Waals surface area contributed by atoms with Gasteiger partial charge in [0.25, 0.3) is 5.91 Å². The number of benzene rings is 2. The van der Waals surface area contributed by atoms with Crippen molar-refractivity contribution >= 4 is 21.8 Å². The van der Waals surface area contributed by atoms with Gasteiger partial charge in [0.2, 0.25) is 0 Å². The number of nitrogens with zero attached hydrogens (tertiary/aromatic N) is 4. The summed E-state index contributed by atoms with van der Waals surface area (Å²) in [5, 5.41) is 17.9. The van der Waals surface area contributed by atoms with Gasteiger partial charge in [-0.2, -0.15) is 8.42 Å². The number of aromatic nitrogens is 3. The Balaban J connectivity index is 1.71. The number of carbonyl (C=O) groups is 1. The number of amides is 1. The molecular weight excluding hydrogens is 389 g/mol. The summed E-state index contributed by atoms with van der Waals surface area (Å²) < 4.78 is 42.9. The van der Waals surface area contributed by atoms with E-state index in [0.29, 0.717) is 10.8 Å². The van der Waals surface area contributed by atoms with Gasteiger partial charge in [0.05, 0.1) is 12.7 Å². The van der Waals surface area contributed by atoms with Gasteiger partial charge in [0, 0.05) is 5.56 Å². The van der Waals surface area contributed by atoms with E-state index >= 15 is 4.39 Å². The number of aromatic hydroxyl groups is 1. The van der Waals surface area contributed by atoms with Crippen molar-refractivity contribution in [2.24, 2.45) is 0 Å². The van der Waals surface area contributed by atoms with Crippen LogP contribution in [-0.2, 0) is 21.5 Å². The Morgan fingerprint density at radius 3 is 2.61 bits per heavy atom. The second kappa shape index (κ2) is 6.60. The molecule has 1 saturated heterocycles. The van der Waals surface area contributed by atoms with Crippen molar-refractivity contribution in [3.63, 3.8) is 0 Å². The van der Waals surface area contributed by atoms with E-state index in [1.54, 1.807) is 4.72 Å². The van der Waals surface area contributed by atoms with Gasteiger partial charge in [0.15, 0.2) is 5.82 Å². The maximum absolute atomic E-state index is 15.1. The molecule has 3 aromatic rings. The largest absolute Gasteiger partial charge is 0.506 e. The molecule has 2 aromatic carbocycles. The van der Waals surface area contributed by atoms with Crippen LogP contribution in [0.1, 0.15) is 5.56 Å². The lowest BCUT2D eigenvalue weighted by molar-refractivity contribution is -0.117. The molecule has 1 aromatic heterocycles. The Morgan fingerprint density at radius 2 is 1.93 bits per heavy atom. The smallest absolute Gasteiger partial charge is 0.326 e. The molecule has 0 radical (unpaired) electrons. The summed E-state index contributed by atoms with van der Waals surface area (Å²) in [7, 11) is -4.28. The number of phenolic OH excluding ortho intramolecular Hbond substituents is 1. The lowest BCUT2D eigenvalue weighted by Gasteiger charge is -2.18. The Labute approximate surface area is 159 Å². The second-order valence-electron chi connectivity index (χ2n) is 6.12. The van der Waals surface area contributed by atoms with Gasteiger partial charge in [-0.05, 0) is 17.7 Å². The molecule has 2 N–H and O–H groups in total. The number of halogens is 1. The molecule has 0 spiro atoms. The summed E-state index contributed by atoms with van der Waals surface area (Å²) in [6.45, 7) is -0.212. The molecule has 0 saturated carbocycles. The fourth-order valence-electron chi connectivity index (χ4n) is 2.90. The maximum atomic E-state index is 15.1. The monoisotopic (exact) mass is 403 g/mol. The van der Waals surface area contributed by atoms with Gasteiger partial charge in [0.1, 0.15) is 23.7 Å². The topological polar surface area (TPSA) is 117 Å². The van der Waals surface area contributed by atoms with Crippen molar-refractivity contribution in [3.8, 4) is 17.0 Å². The predicted molar refractivity (Wildman–Crippen MR) is 97.0 cm³/mol. The highest BCUT2D eigenvalue weighted by Crippen LogP contribution is 2.38. The maximum Gasteiger partial charge on any atom is 0.326 e. The van der Waals surface area contributed by atoms with Gasteiger partial charge >= 0.3 is 10.2 Å². The summed E-state index contributed by atoms with van der Waals surface area (Å²) in [5.41, 5.74) is 0.458. The number of hydrogen-bond acceptors (Lipinski definition) is 6. The molecule has 2 heterocycles. The molecular formula is C17H14FN5O4S. The highest BCUT2D eigenvalue weighted by Gasteiger charge is 2.38. The van der Waals surface area contributed by atoms with E-state index in [2.05, 4.69) is 10.3 Å². The van der Waals surface area contributed by atoms with Crippen molar-refractivity contribution in [2.75, 3.05) is 10.8 Å². The first-order chi connectivity index (χ1) is 13.3. The molecule has 0 bridgehead atoms. The third kappa shape index (κ3) is 3.16. The molecule has 0 unspecified atom stereocenters. The minimum Gasteiger partial charge on any atom is -0.506 e. The van der Waals surface area contributed by atoms with Crippen LogP contribution in [0.4, 0.5) is 10.1 Å². The van der Waals surface area contributed by atoms with Gasteiger partial charge in [-0.1, -0.05) is 35.5 Å². The molecule has 4 rings (SSSR count). The molecule has 144 valence electrons. The fraction of sp³-hybridized carbons (Fsp3) is 0.118. The van der Waals surface area contributed by atoms with E-state index in [1.807, 2.05) is 30.3 Å². The average Bonchev–Trinajstić information content (AvgIpc) is 3.19. The zero-order valence-corrected chi connectivity index (χ0v) is 15.1. The fourth-order valence-corrected chi connectivity index (χ4v) is 4.07. The molecule has 28 heavy (non-hydrogen) atoms. The quantitative estimate of drug-likeness (QED) is 0.672. The summed E-state index contributed by atoms with van der Waals surface area (Å²) >= 11 is 0. The van der Waals surface area contributed by atoms with Gasteiger partial charge in [-0.15, -0.1) is 5.10 Å². The number of carbonyl (C=O) groups excluding carboxylic acids is 1. The lowest BCUT2D eigenvalue weighted by atomic mass is 10.1. The number of hydrogen-bond donors (Lipinski definition) is 2. The van der Waals surface area contributed by atoms with Crippen LogP contribution in [0.5, 0.6) is 5.75 Å². The van der Waals surface area contributed by atoms with Crippen molar-refractivity contribution in [3.05, 3.63) is 60.0 Å². The Morgan fingerprint density at radius 1 is 1.18 bits per heavy atom. The van der Waals surface area contributed by atoms with E-state index in [9.17, 15) is 18.3 Å².